The zero-order chi connectivity index (χ0) is 14.9. The van der Waals surface area contributed by atoms with Crippen LogP contribution in [0, 0.1) is 0 Å². The summed E-state index contributed by atoms with van der Waals surface area (Å²) in [5.74, 6) is 0.790. The number of amides is 1. The van der Waals surface area contributed by atoms with Gasteiger partial charge >= 0.3 is 0 Å². The van der Waals surface area contributed by atoms with Crippen molar-refractivity contribution in [3.8, 4) is 0 Å². The number of piperidine rings is 1. The number of thiazole rings is 1. The number of nitrogens with one attached hydrogen (secondary N) is 1. The maximum absolute atomic E-state index is 12.6. The van der Waals surface area contributed by atoms with E-state index in [0.29, 0.717) is 11.8 Å². The number of nitrogens with zero attached hydrogens (tertiary/aromatic N) is 2. The van der Waals surface area contributed by atoms with Crippen molar-refractivity contribution in [1.82, 2.24) is 15.2 Å². The number of rotatable bonds is 2. The Morgan fingerprint density at radius 2 is 2.04 bits per heavy atom. The van der Waals surface area contributed by atoms with E-state index in [1.165, 1.54) is 41.3 Å². The lowest BCUT2D eigenvalue weighted by Gasteiger charge is -2.33. The third-order valence-corrected chi connectivity index (χ3v) is 6.62. The lowest BCUT2D eigenvalue weighted by Crippen LogP contribution is -2.47. The number of halogens is 1. The molecule has 0 radical (unpaired) electrons. The number of fused-ring (bicyclic) bond motifs is 1. The van der Waals surface area contributed by atoms with E-state index in [0.717, 1.165) is 45.3 Å². The van der Waals surface area contributed by atoms with Gasteiger partial charge in [0.2, 0.25) is 5.91 Å². The highest BCUT2D eigenvalue weighted by molar-refractivity contribution is 7.11. The second kappa shape index (κ2) is 7.49. The highest BCUT2D eigenvalue weighted by Crippen LogP contribution is 2.34. The molecule has 4 nitrogen and oxygen atoms in total. The number of carbonyl (C=O) groups is 1. The summed E-state index contributed by atoms with van der Waals surface area (Å²) in [7, 11) is 0. The molecule has 6 heteroatoms. The monoisotopic (exact) mass is 355 g/mol. The average molecular weight is 356 g/mol. The van der Waals surface area contributed by atoms with Crippen LogP contribution in [0.5, 0.6) is 0 Å². The molecule has 2 unspecified atom stereocenters. The summed E-state index contributed by atoms with van der Waals surface area (Å²) in [4.78, 5) is 21.2. The number of carbonyl (C=O) groups excluding carboxylic acids is 1. The SMILES string of the molecule is Cl.O=C(C1CCCN1)N1CCCC(c2nc3c(s2)CCCC3)C1. The van der Waals surface area contributed by atoms with Crippen LogP contribution in [0.25, 0.3) is 0 Å². The van der Waals surface area contributed by atoms with Gasteiger partial charge in [0, 0.05) is 23.9 Å². The van der Waals surface area contributed by atoms with Crippen LogP contribution < -0.4 is 5.32 Å². The van der Waals surface area contributed by atoms with Crippen molar-refractivity contribution in [2.75, 3.05) is 19.6 Å². The van der Waals surface area contributed by atoms with Crippen molar-refractivity contribution >= 4 is 29.7 Å². The minimum absolute atomic E-state index is 0. The van der Waals surface area contributed by atoms with E-state index < -0.39 is 0 Å². The number of hydrogen-bond donors (Lipinski definition) is 1. The second-order valence-electron chi connectivity index (χ2n) is 6.90. The van der Waals surface area contributed by atoms with Crippen molar-refractivity contribution in [2.24, 2.45) is 0 Å². The van der Waals surface area contributed by atoms with E-state index in [1.54, 1.807) is 0 Å². The molecule has 2 aliphatic heterocycles. The van der Waals surface area contributed by atoms with Gasteiger partial charge in [-0.25, -0.2) is 4.98 Å². The Hall–Kier alpha value is -0.650. The zero-order valence-electron chi connectivity index (χ0n) is 13.6. The van der Waals surface area contributed by atoms with E-state index in [9.17, 15) is 4.79 Å². The highest BCUT2D eigenvalue weighted by Gasteiger charge is 2.32. The van der Waals surface area contributed by atoms with Crippen molar-refractivity contribution in [1.29, 1.82) is 0 Å². The maximum atomic E-state index is 12.6. The normalized spacial score (nSPS) is 27.4. The van der Waals surface area contributed by atoms with Crippen LogP contribution >= 0.6 is 23.7 Å². The predicted molar refractivity (Wildman–Crippen MR) is 95.6 cm³/mol. The molecule has 3 heterocycles. The quantitative estimate of drug-likeness (QED) is 0.887. The molecule has 1 amide bonds. The number of likely N-dealkylation sites (tertiary alicyclic amines) is 1. The summed E-state index contributed by atoms with van der Waals surface area (Å²) < 4.78 is 0. The van der Waals surface area contributed by atoms with Crippen LogP contribution in [0.2, 0.25) is 0 Å². The molecular formula is C17H26ClN3OS. The summed E-state index contributed by atoms with van der Waals surface area (Å²) >= 11 is 1.92. The molecule has 0 spiro atoms. The van der Waals surface area contributed by atoms with Gasteiger partial charge in [0.05, 0.1) is 16.7 Å². The van der Waals surface area contributed by atoms with Gasteiger partial charge in [0.15, 0.2) is 0 Å². The molecule has 1 aliphatic carbocycles. The Morgan fingerprint density at radius 1 is 1.17 bits per heavy atom. The Balaban J connectivity index is 0.00000156. The minimum Gasteiger partial charge on any atom is -0.341 e. The van der Waals surface area contributed by atoms with Gasteiger partial charge in [0.25, 0.3) is 0 Å². The van der Waals surface area contributed by atoms with Gasteiger partial charge in [0.1, 0.15) is 0 Å². The highest BCUT2D eigenvalue weighted by atomic mass is 35.5. The van der Waals surface area contributed by atoms with Crippen LogP contribution in [-0.4, -0.2) is 41.5 Å². The van der Waals surface area contributed by atoms with Gasteiger partial charge in [-0.2, -0.15) is 0 Å². The standard InChI is InChI=1S/C17H25N3OS.ClH/c21-17(14-7-3-9-18-14)20-10-4-5-12(11-20)16-19-13-6-1-2-8-15(13)22-16;/h12,14,18H,1-11H2;1H. The van der Waals surface area contributed by atoms with E-state index in [1.807, 2.05) is 11.3 Å². The first-order valence-electron chi connectivity index (χ1n) is 8.82. The molecule has 1 N–H and O–H groups in total. The minimum atomic E-state index is 0. The van der Waals surface area contributed by atoms with Gasteiger partial charge in [-0.1, -0.05) is 0 Å². The third-order valence-electron chi connectivity index (χ3n) is 5.30. The van der Waals surface area contributed by atoms with Crippen molar-refractivity contribution in [3.05, 3.63) is 15.6 Å². The lowest BCUT2D eigenvalue weighted by atomic mass is 9.97. The van der Waals surface area contributed by atoms with Gasteiger partial charge in [-0.05, 0) is 57.9 Å². The van der Waals surface area contributed by atoms with E-state index in [4.69, 9.17) is 4.98 Å². The maximum Gasteiger partial charge on any atom is 0.239 e. The van der Waals surface area contributed by atoms with Crippen LogP contribution in [0.4, 0.5) is 0 Å². The van der Waals surface area contributed by atoms with Crippen LogP contribution in [0.15, 0.2) is 0 Å². The first-order chi connectivity index (χ1) is 10.8. The number of aromatic nitrogens is 1. The molecule has 128 valence electrons. The predicted octanol–water partition coefficient (Wildman–Crippen LogP) is 2.90. The van der Waals surface area contributed by atoms with Crippen molar-refractivity contribution in [2.45, 2.75) is 63.3 Å². The fourth-order valence-electron chi connectivity index (χ4n) is 4.04. The van der Waals surface area contributed by atoms with Gasteiger partial charge in [-0.3, -0.25) is 4.79 Å². The molecule has 2 saturated heterocycles. The summed E-state index contributed by atoms with van der Waals surface area (Å²) in [6.07, 6.45) is 9.43. The lowest BCUT2D eigenvalue weighted by molar-refractivity contribution is -0.134. The molecule has 2 atom stereocenters. The van der Waals surface area contributed by atoms with E-state index >= 15 is 0 Å². The first-order valence-corrected chi connectivity index (χ1v) is 9.63. The molecule has 23 heavy (non-hydrogen) atoms. The fraction of sp³-hybridized carbons (Fsp3) is 0.765. The van der Waals surface area contributed by atoms with Crippen LogP contribution in [0.3, 0.4) is 0 Å². The molecule has 0 bridgehead atoms. The van der Waals surface area contributed by atoms with Crippen LogP contribution in [-0.2, 0) is 17.6 Å². The first kappa shape index (κ1) is 17.2. The average Bonchev–Trinajstić information content (AvgIpc) is 3.23. The van der Waals surface area contributed by atoms with Crippen LogP contribution in [0.1, 0.15) is 60.0 Å². The van der Waals surface area contributed by atoms with Crippen molar-refractivity contribution < 1.29 is 4.79 Å². The molecule has 3 aliphatic rings. The molecule has 2 fully saturated rings. The Morgan fingerprint density at radius 3 is 2.83 bits per heavy atom. The van der Waals surface area contributed by atoms with Crippen molar-refractivity contribution in [3.63, 3.8) is 0 Å². The fourth-order valence-corrected chi connectivity index (χ4v) is 5.32. The summed E-state index contributed by atoms with van der Waals surface area (Å²) in [5.41, 5.74) is 1.35. The smallest absolute Gasteiger partial charge is 0.239 e. The summed E-state index contributed by atoms with van der Waals surface area (Å²) in [6.45, 7) is 2.80. The zero-order valence-corrected chi connectivity index (χ0v) is 15.2. The molecule has 0 saturated carbocycles. The molecule has 4 rings (SSSR count). The van der Waals surface area contributed by atoms with E-state index in [-0.39, 0.29) is 18.4 Å². The topological polar surface area (TPSA) is 45.2 Å². The molecular weight excluding hydrogens is 330 g/mol. The van der Waals surface area contributed by atoms with E-state index in [2.05, 4.69) is 10.2 Å². The molecule has 1 aromatic heterocycles. The second-order valence-corrected chi connectivity index (χ2v) is 8.02. The summed E-state index contributed by atoms with van der Waals surface area (Å²) in [5, 5.41) is 4.64. The Labute approximate surface area is 148 Å². The Bertz CT molecular complexity index is 533. The number of aryl methyl sites for hydroxylation is 2. The number of hydrogen-bond acceptors (Lipinski definition) is 4. The Kier molecular flexibility index (Phi) is 5.60. The third kappa shape index (κ3) is 3.57. The van der Waals surface area contributed by atoms with Gasteiger partial charge < -0.3 is 10.2 Å². The molecule has 1 aromatic rings. The van der Waals surface area contributed by atoms with Gasteiger partial charge in [-0.15, -0.1) is 23.7 Å². The molecule has 0 aromatic carbocycles. The largest absolute Gasteiger partial charge is 0.341 e. The summed E-state index contributed by atoms with van der Waals surface area (Å²) in [6, 6.07) is 0.0725.